The lowest BCUT2D eigenvalue weighted by atomic mass is 10.0. The van der Waals surface area contributed by atoms with Crippen LogP contribution in [-0.4, -0.2) is 6.61 Å². The second kappa shape index (κ2) is 9.96. The molecule has 0 bridgehead atoms. The van der Waals surface area contributed by atoms with Crippen molar-refractivity contribution in [3.8, 4) is 28.7 Å². The summed E-state index contributed by atoms with van der Waals surface area (Å²) in [6.07, 6.45) is 1.64. The molecule has 0 aliphatic heterocycles. The predicted molar refractivity (Wildman–Crippen MR) is 122 cm³/mol. The van der Waals surface area contributed by atoms with Crippen LogP contribution in [0.4, 0.5) is 22.0 Å². The summed E-state index contributed by atoms with van der Waals surface area (Å²) < 4.78 is 76.0. The average Bonchev–Trinajstić information content (AvgIpc) is 2.79. The first-order chi connectivity index (χ1) is 16.4. The summed E-state index contributed by atoms with van der Waals surface area (Å²) in [5.74, 6) is 1.13. The molecular weight excluding hydrogens is 447 g/mol. The van der Waals surface area contributed by atoms with Gasteiger partial charge in [0.25, 0.3) is 0 Å². The van der Waals surface area contributed by atoms with Gasteiger partial charge in [0.15, 0.2) is 11.6 Å². The first-order valence-corrected chi connectivity index (χ1v) is 10.7. The molecule has 0 fully saturated rings. The maximum atomic E-state index is 14.7. The maximum Gasteiger partial charge on any atom is 0.159 e. The van der Waals surface area contributed by atoms with Crippen LogP contribution in [0.2, 0.25) is 0 Å². The number of fused-ring (bicyclic) bond motifs is 1. The second-order valence-electron chi connectivity index (χ2n) is 7.74. The van der Waals surface area contributed by atoms with Crippen LogP contribution >= 0.6 is 0 Å². The van der Waals surface area contributed by atoms with Crippen molar-refractivity contribution in [2.75, 3.05) is 6.61 Å². The van der Waals surface area contributed by atoms with Gasteiger partial charge >= 0.3 is 0 Å². The van der Waals surface area contributed by atoms with E-state index in [2.05, 4.69) is 11.8 Å². The quantitative estimate of drug-likeness (QED) is 0.166. The molecule has 0 saturated carbocycles. The van der Waals surface area contributed by atoms with Crippen molar-refractivity contribution >= 4 is 10.8 Å². The summed E-state index contributed by atoms with van der Waals surface area (Å²) >= 11 is 0. The van der Waals surface area contributed by atoms with Crippen molar-refractivity contribution in [3.63, 3.8) is 0 Å². The molecule has 6 heteroatoms. The SMILES string of the molecule is CCCCOc1cc(F)c(-c2ccc(C#Cc3ccc4cc(F)c(F)cc4c3)c(F)c2)c(F)c1. The Morgan fingerprint density at radius 1 is 0.676 bits per heavy atom. The lowest BCUT2D eigenvalue weighted by molar-refractivity contribution is 0.306. The molecule has 0 heterocycles. The van der Waals surface area contributed by atoms with E-state index < -0.39 is 29.1 Å². The molecule has 4 aromatic rings. The molecule has 0 radical (unpaired) electrons. The molecule has 0 aliphatic rings. The molecule has 4 rings (SSSR count). The Morgan fingerprint density at radius 3 is 2.06 bits per heavy atom. The molecular formula is C28H19F5O. The van der Waals surface area contributed by atoms with E-state index in [1.165, 1.54) is 12.1 Å². The van der Waals surface area contributed by atoms with Crippen LogP contribution in [0, 0.1) is 40.9 Å². The van der Waals surface area contributed by atoms with Gasteiger partial charge in [-0.1, -0.05) is 37.3 Å². The zero-order valence-electron chi connectivity index (χ0n) is 18.2. The molecule has 1 nitrogen and oxygen atoms in total. The van der Waals surface area contributed by atoms with Gasteiger partial charge in [-0.25, -0.2) is 22.0 Å². The summed E-state index contributed by atoms with van der Waals surface area (Å²) in [5, 5.41) is 0.959. The summed E-state index contributed by atoms with van der Waals surface area (Å²) in [6.45, 7) is 2.32. The molecule has 0 N–H and O–H groups in total. The second-order valence-corrected chi connectivity index (χ2v) is 7.74. The topological polar surface area (TPSA) is 9.23 Å². The third kappa shape index (κ3) is 5.04. The first kappa shape index (κ1) is 23.3. The van der Waals surface area contributed by atoms with Gasteiger partial charge in [0, 0.05) is 17.7 Å². The monoisotopic (exact) mass is 466 g/mol. The van der Waals surface area contributed by atoms with Gasteiger partial charge in [0.2, 0.25) is 0 Å². The van der Waals surface area contributed by atoms with Crippen LogP contribution in [0.1, 0.15) is 30.9 Å². The normalized spacial score (nSPS) is 10.8. The lowest BCUT2D eigenvalue weighted by Crippen LogP contribution is -1.99. The maximum absolute atomic E-state index is 14.7. The minimum absolute atomic E-state index is 0.0227. The number of hydrogen-bond donors (Lipinski definition) is 0. The van der Waals surface area contributed by atoms with Gasteiger partial charge in [-0.2, -0.15) is 0 Å². The molecule has 172 valence electrons. The number of halogens is 5. The average molecular weight is 466 g/mol. The number of unbranched alkanes of at least 4 members (excludes halogenated alkanes) is 1. The first-order valence-electron chi connectivity index (χ1n) is 10.7. The number of ether oxygens (including phenoxy) is 1. The van der Waals surface area contributed by atoms with Gasteiger partial charge in [0.1, 0.15) is 23.2 Å². The fourth-order valence-corrected chi connectivity index (χ4v) is 3.47. The zero-order chi connectivity index (χ0) is 24.2. The van der Waals surface area contributed by atoms with E-state index in [1.54, 1.807) is 18.2 Å². The van der Waals surface area contributed by atoms with Gasteiger partial charge in [-0.05, 0) is 59.2 Å². The summed E-state index contributed by atoms with van der Waals surface area (Å²) in [5.41, 5.74) is 0.165. The highest BCUT2D eigenvalue weighted by atomic mass is 19.2. The summed E-state index contributed by atoms with van der Waals surface area (Å²) in [4.78, 5) is 0. The van der Waals surface area contributed by atoms with Gasteiger partial charge in [-0.3, -0.25) is 0 Å². The Hall–Kier alpha value is -3.85. The molecule has 4 aromatic carbocycles. The van der Waals surface area contributed by atoms with E-state index >= 15 is 0 Å². The van der Waals surface area contributed by atoms with E-state index in [0.717, 1.165) is 43.2 Å². The van der Waals surface area contributed by atoms with E-state index in [0.29, 0.717) is 22.9 Å². The minimum atomic E-state index is -0.973. The van der Waals surface area contributed by atoms with Crippen LogP contribution in [0.25, 0.3) is 21.9 Å². The lowest BCUT2D eigenvalue weighted by Gasteiger charge is -2.10. The standard InChI is InChI=1S/C28H19F5O/c1-2-3-10-34-22-15-26(32)28(27(33)16-22)20-9-8-18(23(29)13-20)6-4-17-5-7-19-12-24(30)25(31)14-21(19)11-17/h5,7-9,11-16H,2-3,10H2,1H3. The number of hydrogen-bond acceptors (Lipinski definition) is 1. The highest BCUT2D eigenvalue weighted by Gasteiger charge is 2.15. The van der Waals surface area contributed by atoms with Crippen molar-refractivity contribution in [1.82, 2.24) is 0 Å². The van der Waals surface area contributed by atoms with Crippen LogP contribution in [-0.2, 0) is 0 Å². The van der Waals surface area contributed by atoms with E-state index in [4.69, 9.17) is 4.74 Å². The third-order valence-corrected chi connectivity index (χ3v) is 5.26. The van der Waals surface area contributed by atoms with Gasteiger partial charge in [-0.15, -0.1) is 0 Å². The van der Waals surface area contributed by atoms with Gasteiger partial charge in [0.05, 0.1) is 17.7 Å². The molecule has 0 aliphatic carbocycles. The Labute approximate surface area is 193 Å². The molecule has 0 aromatic heterocycles. The van der Waals surface area contributed by atoms with Crippen molar-refractivity contribution < 1.29 is 26.7 Å². The van der Waals surface area contributed by atoms with Crippen molar-refractivity contribution in [1.29, 1.82) is 0 Å². The third-order valence-electron chi connectivity index (χ3n) is 5.26. The molecule has 0 unspecified atom stereocenters. The fraction of sp³-hybridized carbons (Fsp3) is 0.143. The largest absolute Gasteiger partial charge is 0.493 e. The number of benzene rings is 4. The predicted octanol–water partition coefficient (Wildman–Crippen LogP) is 7.78. The summed E-state index contributed by atoms with van der Waals surface area (Å²) in [6, 6.07) is 12.8. The van der Waals surface area contributed by atoms with E-state index in [1.807, 2.05) is 6.92 Å². The molecule has 34 heavy (non-hydrogen) atoms. The van der Waals surface area contributed by atoms with Gasteiger partial charge < -0.3 is 4.74 Å². The van der Waals surface area contributed by atoms with Crippen molar-refractivity contribution in [2.45, 2.75) is 19.8 Å². The van der Waals surface area contributed by atoms with E-state index in [9.17, 15) is 22.0 Å². The highest BCUT2D eigenvalue weighted by Crippen LogP contribution is 2.31. The Balaban J connectivity index is 1.60. The molecule has 0 atom stereocenters. The van der Waals surface area contributed by atoms with Crippen molar-refractivity contribution in [3.05, 3.63) is 101 Å². The van der Waals surface area contributed by atoms with Crippen LogP contribution in [0.5, 0.6) is 5.75 Å². The highest BCUT2D eigenvalue weighted by molar-refractivity contribution is 5.84. The number of rotatable bonds is 5. The van der Waals surface area contributed by atoms with Crippen LogP contribution < -0.4 is 4.74 Å². The van der Waals surface area contributed by atoms with Crippen molar-refractivity contribution in [2.24, 2.45) is 0 Å². The fourth-order valence-electron chi connectivity index (χ4n) is 3.47. The van der Waals surface area contributed by atoms with Crippen LogP contribution in [0.3, 0.4) is 0 Å². The molecule has 0 spiro atoms. The summed E-state index contributed by atoms with van der Waals surface area (Å²) in [7, 11) is 0. The molecule has 0 amide bonds. The Morgan fingerprint density at radius 2 is 1.38 bits per heavy atom. The Bertz CT molecular complexity index is 1410. The van der Waals surface area contributed by atoms with Crippen LogP contribution in [0.15, 0.2) is 60.7 Å². The minimum Gasteiger partial charge on any atom is -0.493 e. The van der Waals surface area contributed by atoms with E-state index in [-0.39, 0.29) is 22.4 Å². The Kier molecular flexibility index (Phi) is 6.83. The smallest absolute Gasteiger partial charge is 0.159 e. The molecule has 0 saturated heterocycles. The zero-order valence-corrected chi connectivity index (χ0v) is 18.2.